The number of nitrogens with one attached hydrogen (secondary N) is 1. The fraction of sp³-hybridized carbons (Fsp3) is 0.538. The molecule has 1 aromatic heterocycles. The van der Waals surface area contributed by atoms with E-state index in [0.29, 0.717) is 5.41 Å². The summed E-state index contributed by atoms with van der Waals surface area (Å²) in [6.45, 7) is 3.18. The van der Waals surface area contributed by atoms with Crippen LogP contribution in [0, 0.1) is 5.41 Å². The van der Waals surface area contributed by atoms with E-state index in [1.165, 1.54) is 31.7 Å². The second-order valence-electron chi connectivity index (χ2n) is 4.84. The fourth-order valence-corrected chi connectivity index (χ4v) is 2.14. The molecule has 0 aromatic carbocycles. The summed E-state index contributed by atoms with van der Waals surface area (Å²) in [7, 11) is 0. The second kappa shape index (κ2) is 4.73. The zero-order valence-corrected chi connectivity index (χ0v) is 10.1. The minimum atomic E-state index is -0.985. The number of hydrogen-bond acceptors (Lipinski definition) is 3. The van der Waals surface area contributed by atoms with Crippen LogP contribution in [0.25, 0.3) is 0 Å². The molecule has 0 atom stereocenters. The first-order valence-electron chi connectivity index (χ1n) is 6.08. The third-order valence-corrected chi connectivity index (χ3v) is 3.39. The molecule has 0 radical (unpaired) electrons. The maximum Gasteiger partial charge on any atom is 0.354 e. The number of carbonyl (C=O) groups is 1. The molecule has 0 bridgehead atoms. The first-order valence-corrected chi connectivity index (χ1v) is 6.08. The van der Waals surface area contributed by atoms with Crippen molar-refractivity contribution in [3.63, 3.8) is 0 Å². The Morgan fingerprint density at radius 3 is 2.76 bits per heavy atom. The molecule has 0 spiro atoms. The molecule has 1 aromatic rings. The highest BCUT2D eigenvalue weighted by atomic mass is 16.4. The van der Waals surface area contributed by atoms with Gasteiger partial charge in [0, 0.05) is 6.54 Å². The second-order valence-corrected chi connectivity index (χ2v) is 4.84. The van der Waals surface area contributed by atoms with Crippen molar-refractivity contribution in [1.82, 2.24) is 4.98 Å². The van der Waals surface area contributed by atoms with Gasteiger partial charge in [-0.15, -0.1) is 0 Å². The van der Waals surface area contributed by atoms with Gasteiger partial charge in [-0.25, -0.2) is 9.78 Å². The van der Waals surface area contributed by atoms with E-state index < -0.39 is 5.97 Å². The van der Waals surface area contributed by atoms with Crippen LogP contribution in [0.15, 0.2) is 18.3 Å². The average Bonchev–Trinajstić information content (AvgIpc) is 3.08. The monoisotopic (exact) mass is 234 g/mol. The van der Waals surface area contributed by atoms with Crippen LogP contribution in [-0.4, -0.2) is 22.6 Å². The standard InChI is InChI=1S/C13H18N2O2/c1-2-5-13(6-7-13)9-15-10-3-4-11(12(16)17)14-8-10/h3-4,8,15H,2,5-7,9H2,1H3,(H,16,17). The third kappa shape index (κ3) is 2.96. The Hall–Kier alpha value is -1.58. The van der Waals surface area contributed by atoms with E-state index in [2.05, 4.69) is 17.2 Å². The van der Waals surface area contributed by atoms with E-state index >= 15 is 0 Å². The van der Waals surface area contributed by atoms with Gasteiger partial charge >= 0.3 is 5.97 Å². The quantitative estimate of drug-likeness (QED) is 0.794. The number of rotatable bonds is 6. The maximum absolute atomic E-state index is 10.6. The molecule has 17 heavy (non-hydrogen) atoms. The molecule has 1 fully saturated rings. The number of aromatic carboxylic acids is 1. The Morgan fingerprint density at radius 2 is 2.29 bits per heavy atom. The van der Waals surface area contributed by atoms with Crippen molar-refractivity contribution < 1.29 is 9.90 Å². The number of hydrogen-bond donors (Lipinski definition) is 2. The lowest BCUT2D eigenvalue weighted by atomic mass is 10.0. The lowest BCUT2D eigenvalue weighted by molar-refractivity contribution is 0.0690. The summed E-state index contributed by atoms with van der Waals surface area (Å²) in [6.07, 6.45) is 6.67. The van der Waals surface area contributed by atoms with E-state index in [9.17, 15) is 4.79 Å². The molecule has 0 saturated heterocycles. The van der Waals surface area contributed by atoms with E-state index in [-0.39, 0.29) is 5.69 Å². The van der Waals surface area contributed by atoms with Crippen molar-refractivity contribution in [2.45, 2.75) is 32.6 Å². The lowest BCUT2D eigenvalue weighted by Crippen LogP contribution is -2.15. The van der Waals surface area contributed by atoms with Gasteiger partial charge in [-0.1, -0.05) is 13.3 Å². The van der Waals surface area contributed by atoms with Crippen molar-refractivity contribution in [2.24, 2.45) is 5.41 Å². The summed E-state index contributed by atoms with van der Waals surface area (Å²) in [5, 5.41) is 12.1. The van der Waals surface area contributed by atoms with Gasteiger partial charge in [0.15, 0.2) is 0 Å². The van der Waals surface area contributed by atoms with E-state index in [4.69, 9.17) is 5.11 Å². The normalized spacial score (nSPS) is 16.5. The van der Waals surface area contributed by atoms with Gasteiger partial charge < -0.3 is 10.4 Å². The van der Waals surface area contributed by atoms with Crippen LogP contribution >= 0.6 is 0 Å². The van der Waals surface area contributed by atoms with Crippen molar-refractivity contribution in [3.8, 4) is 0 Å². The first kappa shape index (κ1) is 11.9. The highest BCUT2D eigenvalue weighted by molar-refractivity contribution is 5.85. The van der Waals surface area contributed by atoms with Gasteiger partial charge in [-0.05, 0) is 36.8 Å². The molecular formula is C13H18N2O2. The minimum absolute atomic E-state index is 0.0882. The van der Waals surface area contributed by atoms with Crippen LogP contribution in [0.1, 0.15) is 43.1 Å². The van der Waals surface area contributed by atoms with Gasteiger partial charge in [0.25, 0.3) is 0 Å². The van der Waals surface area contributed by atoms with Crippen molar-refractivity contribution >= 4 is 11.7 Å². The number of aromatic nitrogens is 1. The fourth-order valence-electron chi connectivity index (χ4n) is 2.14. The molecule has 2 rings (SSSR count). The largest absolute Gasteiger partial charge is 0.477 e. The molecule has 0 unspecified atom stereocenters. The Bertz CT molecular complexity index is 396. The number of anilines is 1. The molecule has 1 aliphatic rings. The van der Waals surface area contributed by atoms with Gasteiger partial charge in [0.1, 0.15) is 5.69 Å². The van der Waals surface area contributed by atoms with Crippen molar-refractivity contribution in [2.75, 3.05) is 11.9 Å². The predicted octanol–water partition coefficient (Wildman–Crippen LogP) is 2.77. The minimum Gasteiger partial charge on any atom is -0.477 e. The number of pyridine rings is 1. The van der Waals surface area contributed by atoms with Gasteiger partial charge in [-0.3, -0.25) is 0 Å². The molecular weight excluding hydrogens is 216 g/mol. The summed E-state index contributed by atoms with van der Waals surface area (Å²) < 4.78 is 0. The molecule has 1 aliphatic carbocycles. The highest BCUT2D eigenvalue weighted by Crippen LogP contribution is 2.49. The number of carboxylic acids is 1. The molecule has 0 amide bonds. The Balaban J connectivity index is 1.89. The molecule has 92 valence electrons. The summed E-state index contributed by atoms with van der Waals surface area (Å²) in [5.74, 6) is -0.985. The molecule has 1 saturated carbocycles. The van der Waals surface area contributed by atoms with Crippen LogP contribution in [0.3, 0.4) is 0 Å². The summed E-state index contributed by atoms with van der Waals surface area (Å²) >= 11 is 0. The van der Waals surface area contributed by atoms with Crippen molar-refractivity contribution in [3.05, 3.63) is 24.0 Å². The summed E-state index contributed by atoms with van der Waals surface area (Å²) in [6, 6.07) is 3.31. The van der Waals surface area contributed by atoms with Crippen LogP contribution in [0.2, 0.25) is 0 Å². The Kier molecular flexibility index (Phi) is 3.31. The number of nitrogens with zero attached hydrogens (tertiary/aromatic N) is 1. The SMILES string of the molecule is CCCC1(CNc2ccc(C(=O)O)nc2)CC1. The van der Waals surface area contributed by atoms with Crippen LogP contribution in [0.5, 0.6) is 0 Å². The topological polar surface area (TPSA) is 62.2 Å². The van der Waals surface area contributed by atoms with Gasteiger partial charge in [0.2, 0.25) is 0 Å². The van der Waals surface area contributed by atoms with E-state index in [1.54, 1.807) is 12.3 Å². The molecule has 1 heterocycles. The predicted molar refractivity (Wildman–Crippen MR) is 66.3 cm³/mol. The smallest absolute Gasteiger partial charge is 0.354 e. The first-order chi connectivity index (χ1) is 8.15. The Labute approximate surface area is 101 Å². The third-order valence-electron chi connectivity index (χ3n) is 3.39. The lowest BCUT2D eigenvalue weighted by Gasteiger charge is -2.15. The van der Waals surface area contributed by atoms with Gasteiger partial charge in [-0.2, -0.15) is 0 Å². The molecule has 4 heteroatoms. The van der Waals surface area contributed by atoms with E-state index in [0.717, 1.165) is 12.2 Å². The zero-order chi connectivity index (χ0) is 12.3. The van der Waals surface area contributed by atoms with E-state index in [1.807, 2.05) is 0 Å². The van der Waals surface area contributed by atoms with Crippen LogP contribution < -0.4 is 5.32 Å². The molecule has 0 aliphatic heterocycles. The zero-order valence-electron chi connectivity index (χ0n) is 10.1. The average molecular weight is 234 g/mol. The van der Waals surface area contributed by atoms with Gasteiger partial charge in [0.05, 0.1) is 11.9 Å². The maximum atomic E-state index is 10.6. The summed E-state index contributed by atoms with van der Waals surface area (Å²) in [5.41, 5.74) is 1.47. The molecule has 2 N–H and O–H groups in total. The Morgan fingerprint density at radius 1 is 1.53 bits per heavy atom. The number of carboxylic acid groups (broad SMARTS) is 1. The highest BCUT2D eigenvalue weighted by Gasteiger charge is 2.40. The van der Waals surface area contributed by atoms with Crippen LogP contribution in [0.4, 0.5) is 5.69 Å². The van der Waals surface area contributed by atoms with Crippen LogP contribution in [-0.2, 0) is 0 Å². The van der Waals surface area contributed by atoms with Crippen molar-refractivity contribution in [1.29, 1.82) is 0 Å². The molecule has 4 nitrogen and oxygen atoms in total. The summed E-state index contributed by atoms with van der Waals surface area (Å²) in [4.78, 5) is 14.5.